The first kappa shape index (κ1) is 20.5. The molecular formula is C24H28F2O2. The second-order valence-corrected chi connectivity index (χ2v) is 7.88. The smallest absolute Gasteiger partial charge is 0.343 e. The maximum absolute atomic E-state index is 13.2. The summed E-state index contributed by atoms with van der Waals surface area (Å²) in [6.07, 6.45) is 10.3. The van der Waals surface area contributed by atoms with Crippen LogP contribution in [0.15, 0.2) is 42.5 Å². The van der Waals surface area contributed by atoms with Crippen LogP contribution in [0, 0.1) is 23.5 Å². The van der Waals surface area contributed by atoms with Crippen molar-refractivity contribution in [3.63, 3.8) is 0 Å². The lowest BCUT2D eigenvalue weighted by Crippen LogP contribution is -2.15. The standard InChI is InChI=1S/C24H28F2O2/c1-2-3-17-4-6-18(7-5-17)8-9-19-10-12-20(13-11-19)24(27)28-21-14-15-22(25)23(26)16-21/h10-18H,2-9H2,1H3. The van der Waals surface area contributed by atoms with E-state index in [4.69, 9.17) is 4.74 Å². The van der Waals surface area contributed by atoms with Gasteiger partial charge in [-0.3, -0.25) is 0 Å². The number of aryl methyl sites for hydroxylation is 1. The molecule has 1 fully saturated rings. The van der Waals surface area contributed by atoms with Gasteiger partial charge in [0.1, 0.15) is 5.75 Å². The van der Waals surface area contributed by atoms with Crippen molar-refractivity contribution in [2.24, 2.45) is 11.8 Å². The van der Waals surface area contributed by atoms with Gasteiger partial charge in [0.15, 0.2) is 11.6 Å². The van der Waals surface area contributed by atoms with Crippen LogP contribution in [0.1, 0.15) is 67.8 Å². The number of esters is 1. The van der Waals surface area contributed by atoms with Crippen LogP contribution in [0.2, 0.25) is 0 Å². The number of carbonyl (C=O) groups excluding carboxylic acids is 1. The third-order valence-corrected chi connectivity index (χ3v) is 5.80. The van der Waals surface area contributed by atoms with Gasteiger partial charge in [-0.1, -0.05) is 57.6 Å². The zero-order valence-electron chi connectivity index (χ0n) is 16.4. The molecule has 0 aromatic heterocycles. The summed E-state index contributed by atoms with van der Waals surface area (Å²) in [4.78, 5) is 12.2. The predicted molar refractivity (Wildman–Crippen MR) is 106 cm³/mol. The minimum absolute atomic E-state index is 0.00773. The maximum Gasteiger partial charge on any atom is 0.343 e. The van der Waals surface area contributed by atoms with Crippen LogP contribution < -0.4 is 4.74 Å². The third-order valence-electron chi connectivity index (χ3n) is 5.80. The van der Waals surface area contributed by atoms with E-state index in [2.05, 4.69) is 6.92 Å². The van der Waals surface area contributed by atoms with Gasteiger partial charge >= 0.3 is 5.97 Å². The number of benzene rings is 2. The van der Waals surface area contributed by atoms with Crippen molar-refractivity contribution < 1.29 is 18.3 Å². The summed E-state index contributed by atoms with van der Waals surface area (Å²) in [6, 6.07) is 10.4. The molecule has 150 valence electrons. The molecule has 0 spiro atoms. The first-order chi connectivity index (χ1) is 13.5. The first-order valence-electron chi connectivity index (χ1n) is 10.3. The number of rotatable bonds is 7. The van der Waals surface area contributed by atoms with Crippen LogP contribution in [0.4, 0.5) is 8.78 Å². The molecule has 1 aliphatic carbocycles. The van der Waals surface area contributed by atoms with E-state index in [0.717, 1.165) is 30.4 Å². The summed E-state index contributed by atoms with van der Waals surface area (Å²) in [5.41, 5.74) is 1.61. The molecule has 0 bridgehead atoms. The van der Waals surface area contributed by atoms with Crippen LogP contribution >= 0.6 is 0 Å². The van der Waals surface area contributed by atoms with Gasteiger partial charge in [0, 0.05) is 6.07 Å². The Hall–Kier alpha value is -2.23. The zero-order valence-corrected chi connectivity index (χ0v) is 16.4. The number of hydrogen-bond acceptors (Lipinski definition) is 2. The Bertz CT molecular complexity index is 778. The lowest BCUT2D eigenvalue weighted by Gasteiger charge is -2.28. The highest BCUT2D eigenvalue weighted by atomic mass is 19.2. The minimum Gasteiger partial charge on any atom is -0.423 e. The lowest BCUT2D eigenvalue weighted by molar-refractivity contribution is 0.0734. The molecule has 0 N–H and O–H groups in total. The van der Waals surface area contributed by atoms with Crippen LogP contribution in [-0.2, 0) is 6.42 Å². The van der Waals surface area contributed by atoms with Crippen molar-refractivity contribution >= 4 is 5.97 Å². The molecule has 3 rings (SSSR count). The van der Waals surface area contributed by atoms with Crippen LogP contribution in [0.5, 0.6) is 5.75 Å². The Morgan fingerprint density at radius 3 is 2.18 bits per heavy atom. The molecule has 2 aromatic rings. The van der Waals surface area contributed by atoms with Crippen molar-refractivity contribution in [3.05, 3.63) is 65.2 Å². The van der Waals surface area contributed by atoms with Gasteiger partial charge in [-0.25, -0.2) is 13.6 Å². The van der Waals surface area contributed by atoms with Crippen LogP contribution in [-0.4, -0.2) is 5.97 Å². The normalized spacial score (nSPS) is 19.4. The van der Waals surface area contributed by atoms with Crippen LogP contribution in [0.25, 0.3) is 0 Å². The van der Waals surface area contributed by atoms with Gasteiger partial charge in [-0.05, 0) is 54.5 Å². The highest BCUT2D eigenvalue weighted by Crippen LogP contribution is 2.33. The van der Waals surface area contributed by atoms with Gasteiger partial charge in [0.25, 0.3) is 0 Å². The number of hydrogen-bond donors (Lipinski definition) is 0. The maximum atomic E-state index is 13.2. The largest absolute Gasteiger partial charge is 0.423 e. The van der Waals surface area contributed by atoms with Gasteiger partial charge in [-0.2, -0.15) is 0 Å². The molecule has 1 saturated carbocycles. The van der Waals surface area contributed by atoms with Gasteiger partial charge < -0.3 is 4.74 Å². The summed E-state index contributed by atoms with van der Waals surface area (Å²) in [7, 11) is 0. The predicted octanol–water partition coefficient (Wildman–Crippen LogP) is 6.72. The molecule has 0 heterocycles. The second kappa shape index (κ2) is 9.81. The Labute approximate surface area is 165 Å². The number of halogens is 2. The fourth-order valence-corrected chi connectivity index (χ4v) is 4.10. The van der Waals surface area contributed by atoms with Crippen molar-refractivity contribution in [2.75, 3.05) is 0 Å². The molecule has 2 nitrogen and oxygen atoms in total. The Balaban J connectivity index is 1.48. The monoisotopic (exact) mass is 386 g/mol. The molecule has 4 heteroatoms. The molecule has 0 aliphatic heterocycles. The summed E-state index contributed by atoms with van der Waals surface area (Å²) < 4.78 is 31.3. The minimum atomic E-state index is -1.04. The van der Waals surface area contributed by atoms with Gasteiger partial charge in [0.05, 0.1) is 5.56 Å². The first-order valence-corrected chi connectivity index (χ1v) is 10.3. The molecule has 0 radical (unpaired) electrons. The van der Waals surface area contributed by atoms with Crippen LogP contribution in [0.3, 0.4) is 0 Å². The zero-order chi connectivity index (χ0) is 19.9. The molecule has 0 unspecified atom stereocenters. The van der Waals surface area contributed by atoms with E-state index in [1.54, 1.807) is 12.1 Å². The average molecular weight is 386 g/mol. The topological polar surface area (TPSA) is 26.3 Å². The molecule has 0 amide bonds. The lowest BCUT2D eigenvalue weighted by atomic mass is 9.78. The third kappa shape index (κ3) is 5.63. The average Bonchev–Trinajstić information content (AvgIpc) is 2.71. The number of ether oxygens (including phenoxy) is 1. The van der Waals surface area contributed by atoms with Crippen molar-refractivity contribution in [2.45, 2.75) is 58.3 Å². The summed E-state index contributed by atoms with van der Waals surface area (Å²) in [5, 5.41) is 0. The van der Waals surface area contributed by atoms with Crippen molar-refractivity contribution in [3.8, 4) is 5.75 Å². The van der Waals surface area contributed by atoms with E-state index in [1.165, 1.54) is 56.6 Å². The van der Waals surface area contributed by atoms with E-state index in [0.29, 0.717) is 5.56 Å². The molecule has 28 heavy (non-hydrogen) atoms. The summed E-state index contributed by atoms with van der Waals surface area (Å²) in [5.74, 6) is -0.849. The molecule has 2 aromatic carbocycles. The van der Waals surface area contributed by atoms with E-state index < -0.39 is 17.6 Å². The number of carbonyl (C=O) groups is 1. The molecule has 0 atom stereocenters. The quantitative estimate of drug-likeness (QED) is 0.390. The summed E-state index contributed by atoms with van der Waals surface area (Å²) in [6.45, 7) is 2.27. The van der Waals surface area contributed by atoms with Gasteiger partial charge in [0.2, 0.25) is 0 Å². The Kier molecular flexibility index (Phi) is 7.18. The fourth-order valence-electron chi connectivity index (χ4n) is 4.10. The molecule has 0 saturated heterocycles. The second-order valence-electron chi connectivity index (χ2n) is 7.88. The molecular weight excluding hydrogens is 358 g/mol. The SMILES string of the molecule is CCCC1CCC(CCc2ccc(C(=O)Oc3ccc(F)c(F)c3)cc2)CC1. The van der Waals surface area contributed by atoms with Gasteiger partial charge in [-0.15, -0.1) is 0 Å². The van der Waals surface area contributed by atoms with Crippen molar-refractivity contribution in [1.29, 1.82) is 0 Å². The van der Waals surface area contributed by atoms with E-state index >= 15 is 0 Å². The Morgan fingerprint density at radius 2 is 1.57 bits per heavy atom. The fraction of sp³-hybridized carbons (Fsp3) is 0.458. The summed E-state index contributed by atoms with van der Waals surface area (Å²) >= 11 is 0. The Morgan fingerprint density at radius 1 is 0.929 bits per heavy atom. The van der Waals surface area contributed by atoms with Crippen molar-refractivity contribution in [1.82, 2.24) is 0 Å². The highest BCUT2D eigenvalue weighted by Gasteiger charge is 2.20. The van der Waals surface area contributed by atoms with E-state index in [9.17, 15) is 13.6 Å². The molecule has 1 aliphatic rings. The highest BCUT2D eigenvalue weighted by molar-refractivity contribution is 5.91. The van der Waals surface area contributed by atoms with E-state index in [1.807, 2.05) is 12.1 Å². The van der Waals surface area contributed by atoms with E-state index in [-0.39, 0.29) is 5.75 Å².